The molecular formula is C26H24F3N3O. The van der Waals surface area contributed by atoms with Crippen molar-refractivity contribution in [2.45, 2.75) is 12.8 Å². The Hall–Kier alpha value is -3.03. The molecule has 6 rings (SSSR count). The highest BCUT2D eigenvalue weighted by atomic mass is 19.1. The van der Waals surface area contributed by atoms with E-state index < -0.39 is 11.6 Å². The predicted octanol–water partition coefficient (Wildman–Crippen LogP) is 5.88. The predicted molar refractivity (Wildman–Crippen MR) is 125 cm³/mol. The average Bonchev–Trinajstić information content (AvgIpc) is 3.30. The highest BCUT2D eigenvalue weighted by Crippen LogP contribution is 2.42. The Morgan fingerprint density at radius 2 is 1.48 bits per heavy atom. The summed E-state index contributed by atoms with van der Waals surface area (Å²) in [6.45, 7) is 2.25. The molecule has 7 heteroatoms. The maximum Gasteiger partial charge on any atom is 0.157 e. The minimum Gasteiger partial charge on any atom is -0.380 e. The molecule has 170 valence electrons. The summed E-state index contributed by atoms with van der Waals surface area (Å²) in [5.41, 5.74) is 3.25. The normalized spacial score (nSPS) is 15.9. The third-order valence-corrected chi connectivity index (χ3v) is 6.94. The lowest BCUT2D eigenvalue weighted by Gasteiger charge is -2.43. The molecule has 1 aliphatic heterocycles. The van der Waals surface area contributed by atoms with Gasteiger partial charge >= 0.3 is 0 Å². The molecule has 1 fully saturated rings. The molecule has 2 N–H and O–H groups in total. The van der Waals surface area contributed by atoms with E-state index in [0.29, 0.717) is 63.2 Å². The number of aromatic amines is 2. The fourth-order valence-corrected chi connectivity index (χ4v) is 5.53. The van der Waals surface area contributed by atoms with Gasteiger partial charge in [-0.2, -0.15) is 0 Å². The Labute approximate surface area is 188 Å². The molecule has 0 amide bonds. The second kappa shape index (κ2) is 7.23. The van der Waals surface area contributed by atoms with Crippen LogP contribution in [-0.4, -0.2) is 48.7 Å². The zero-order chi connectivity index (χ0) is 22.9. The molecule has 0 atom stereocenters. The molecule has 1 saturated heterocycles. The van der Waals surface area contributed by atoms with Crippen molar-refractivity contribution in [2.75, 3.05) is 33.9 Å². The van der Waals surface area contributed by atoms with Crippen molar-refractivity contribution in [2.24, 2.45) is 5.41 Å². The number of ether oxygens (including phenoxy) is 1. The number of nitrogens with zero attached hydrogens (tertiary/aromatic N) is 1. The van der Waals surface area contributed by atoms with Crippen LogP contribution >= 0.6 is 0 Å². The van der Waals surface area contributed by atoms with E-state index in [1.807, 2.05) is 14.1 Å². The van der Waals surface area contributed by atoms with Gasteiger partial charge in [0.2, 0.25) is 0 Å². The zero-order valence-corrected chi connectivity index (χ0v) is 18.5. The van der Waals surface area contributed by atoms with Gasteiger partial charge in [-0.1, -0.05) is 0 Å². The highest BCUT2D eigenvalue weighted by molar-refractivity contribution is 6.19. The molecule has 2 aromatic heterocycles. The Kier molecular flexibility index (Phi) is 4.51. The number of halogens is 3. The minimum atomic E-state index is -0.452. The number of rotatable bonds is 5. The van der Waals surface area contributed by atoms with E-state index in [9.17, 15) is 8.78 Å². The molecule has 0 spiro atoms. The summed E-state index contributed by atoms with van der Waals surface area (Å²) in [6, 6.07) is 8.81. The van der Waals surface area contributed by atoms with Gasteiger partial charge in [-0.15, -0.1) is 0 Å². The summed E-state index contributed by atoms with van der Waals surface area (Å²) < 4.78 is 49.7. The van der Waals surface area contributed by atoms with Crippen LogP contribution in [0, 0.1) is 22.9 Å². The zero-order valence-electron chi connectivity index (χ0n) is 18.5. The SMILES string of the molecule is CN(C)CC1(CCc2c3[nH]c4ccc(F)cc4c3c(F)c3[nH]c4ccc(F)cc4c23)COC1. The maximum atomic E-state index is 15.9. The first-order valence-corrected chi connectivity index (χ1v) is 11.1. The molecule has 0 bridgehead atoms. The van der Waals surface area contributed by atoms with Crippen LogP contribution in [0.4, 0.5) is 13.2 Å². The van der Waals surface area contributed by atoms with Crippen molar-refractivity contribution < 1.29 is 17.9 Å². The van der Waals surface area contributed by atoms with Crippen LogP contribution in [0.1, 0.15) is 12.0 Å². The van der Waals surface area contributed by atoms with Gasteiger partial charge in [-0.05, 0) is 68.9 Å². The summed E-state index contributed by atoms with van der Waals surface area (Å²) in [7, 11) is 4.09. The van der Waals surface area contributed by atoms with Gasteiger partial charge in [-0.3, -0.25) is 0 Å². The summed E-state index contributed by atoms with van der Waals surface area (Å²) in [4.78, 5) is 8.64. The average molecular weight is 451 g/mol. The van der Waals surface area contributed by atoms with Crippen molar-refractivity contribution in [1.82, 2.24) is 14.9 Å². The molecule has 3 heterocycles. The molecule has 0 radical (unpaired) electrons. The highest BCUT2D eigenvalue weighted by Gasteiger charge is 2.39. The van der Waals surface area contributed by atoms with E-state index in [2.05, 4.69) is 14.9 Å². The van der Waals surface area contributed by atoms with E-state index in [1.165, 1.54) is 24.3 Å². The molecule has 33 heavy (non-hydrogen) atoms. The molecular weight excluding hydrogens is 427 g/mol. The maximum absolute atomic E-state index is 15.9. The van der Waals surface area contributed by atoms with Crippen molar-refractivity contribution in [3.05, 3.63) is 59.4 Å². The smallest absolute Gasteiger partial charge is 0.157 e. The fraction of sp³-hybridized carbons (Fsp3) is 0.308. The molecule has 5 aromatic rings. The second-order valence-electron chi connectivity index (χ2n) is 9.65. The van der Waals surface area contributed by atoms with E-state index in [1.54, 1.807) is 12.1 Å². The van der Waals surface area contributed by atoms with Crippen molar-refractivity contribution >= 4 is 43.6 Å². The third-order valence-electron chi connectivity index (χ3n) is 6.94. The number of nitrogens with one attached hydrogen (secondary N) is 2. The van der Waals surface area contributed by atoms with Crippen LogP contribution in [0.15, 0.2) is 36.4 Å². The molecule has 4 nitrogen and oxygen atoms in total. The Morgan fingerprint density at radius 1 is 0.879 bits per heavy atom. The number of aromatic nitrogens is 2. The number of fused-ring (bicyclic) bond motifs is 6. The van der Waals surface area contributed by atoms with Crippen LogP contribution in [0.2, 0.25) is 0 Å². The Morgan fingerprint density at radius 3 is 2.06 bits per heavy atom. The Balaban J connectivity index is 1.64. The monoisotopic (exact) mass is 451 g/mol. The van der Waals surface area contributed by atoms with Crippen molar-refractivity contribution in [1.29, 1.82) is 0 Å². The first kappa shape index (κ1) is 20.6. The van der Waals surface area contributed by atoms with E-state index >= 15 is 4.39 Å². The molecule has 0 saturated carbocycles. The quantitative estimate of drug-likeness (QED) is 0.350. The van der Waals surface area contributed by atoms with Gasteiger partial charge in [-0.25, -0.2) is 13.2 Å². The Bertz CT molecular complexity index is 1540. The fourth-order valence-electron chi connectivity index (χ4n) is 5.53. The second-order valence-corrected chi connectivity index (χ2v) is 9.65. The molecule has 0 unspecified atom stereocenters. The lowest BCUT2D eigenvalue weighted by Crippen LogP contribution is -2.49. The van der Waals surface area contributed by atoms with E-state index in [-0.39, 0.29) is 11.2 Å². The van der Waals surface area contributed by atoms with Crippen LogP contribution in [0.25, 0.3) is 43.6 Å². The number of hydrogen-bond acceptors (Lipinski definition) is 2. The summed E-state index contributed by atoms with van der Waals surface area (Å²) in [5.74, 6) is -1.24. The van der Waals surface area contributed by atoms with E-state index in [0.717, 1.165) is 18.5 Å². The summed E-state index contributed by atoms with van der Waals surface area (Å²) >= 11 is 0. The molecule has 0 aliphatic carbocycles. The van der Waals surface area contributed by atoms with Gasteiger partial charge in [0.1, 0.15) is 11.6 Å². The van der Waals surface area contributed by atoms with Crippen LogP contribution in [0.5, 0.6) is 0 Å². The first-order chi connectivity index (χ1) is 15.8. The summed E-state index contributed by atoms with van der Waals surface area (Å²) in [6.07, 6.45) is 1.50. The lowest BCUT2D eigenvalue weighted by molar-refractivity contribution is -0.126. The van der Waals surface area contributed by atoms with Crippen LogP contribution in [-0.2, 0) is 11.2 Å². The van der Waals surface area contributed by atoms with Gasteiger partial charge in [0.15, 0.2) is 5.82 Å². The molecule has 3 aromatic carbocycles. The van der Waals surface area contributed by atoms with Crippen LogP contribution < -0.4 is 0 Å². The van der Waals surface area contributed by atoms with Gasteiger partial charge < -0.3 is 19.6 Å². The standard InChI is InChI=1S/C26H24F3N3O/c1-32(2)11-26(12-33-13-26)8-7-16-21-17-9-14(27)3-5-19(17)31-25(21)23(29)22-18-10-15(28)4-6-20(18)30-24(16)22/h3-6,9-10,30-31H,7-8,11-13H2,1-2H3. The van der Waals surface area contributed by atoms with Crippen LogP contribution in [0.3, 0.4) is 0 Å². The van der Waals surface area contributed by atoms with Gasteiger partial charge in [0, 0.05) is 44.5 Å². The van der Waals surface area contributed by atoms with Gasteiger partial charge in [0.25, 0.3) is 0 Å². The number of hydrogen-bond donors (Lipinski definition) is 2. The minimum absolute atomic E-state index is 0.0199. The van der Waals surface area contributed by atoms with E-state index in [4.69, 9.17) is 4.74 Å². The van der Waals surface area contributed by atoms with Gasteiger partial charge in [0.05, 0.1) is 24.2 Å². The topological polar surface area (TPSA) is 44.0 Å². The lowest BCUT2D eigenvalue weighted by atomic mass is 9.79. The number of H-pyrrole nitrogens is 2. The largest absolute Gasteiger partial charge is 0.380 e. The number of benzene rings is 3. The third kappa shape index (κ3) is 3.14. The first-order valence-electron chi connectivity index (χ1n) is 11.1. The molecule has 1 aliphatic rings. The number of aryl methyl sites for hydroxylation is 1. The van der Waals surface area contributed by atoms with Crippen molar-refractivity contribution in [3.63, 3.8) is 0 Å². The van der Waals surface area contributed by atoms with Crippen molar-refractivity contribution in [3.8, 4) is 0 Å². The summed E-state index contributed by atoms with van der Waals surface area (Å²) in [5, 5.41) is 2.20.